The van der Waals surface area contributed by atoms with Gasteiger partial charge in [0.25, 0.3) is 0 Å². The second-order valence-corrected chi connectivity index (χ2v) is 6.80. The summed E-state index contributed by atoms with van der Waals surface area (Å²) in [6.07, 6.45) is 7.85. The first-order valence-electron chi connectivity index (χ1n) is 8.35. The first-order valence-corrected chi connectivity index (χ1v) is 9.47. The Bertz CT molecular complexity index is 745. The Kier molecular flexibility index (Phi) is 5.50. The molecule has 0 nitrogen and oxygen atoms in total. The third-order valence-corrected chi connectivity index (χ3v) is 4.99. The normalized spacial score (nSPS) is 11.3. The van der Waals surface area contributed by atoms with Crippen LogP contribution in [0, 0.1) is 0 Å². The summed E-state index contributed by atoms with van der Waals surface area (Å²) in [5.74, 6) is 0. The van der Waals surface area contributed by atoms with Crippen LogP contribution < -0.4 is 0 Å². The number of alkyl halides is 1. The van der Waals surface area contributed by atoms with Gasteiger partial charge in [-0.3, -0.25) is 0 Å². The molecule has 0 atom stereocenters. The van der Waals surface area contributed by atoms with Gasteiger partial charge in [-0.05, 0) is 46.4 Å². The number of aryl methyl sites for hydroxylation is 1. The SMILES string of the molecule is BrCCCCCCCc1cc2ccccc2c2ccccc12. The maximum Gasteiger partial charge on any atom is 0.00313 e. The fourth-order valence-electron chi connectivity index (χ4n) is 3.28. The summed E-state index contributed by atoms with van der Waals surface area (Å²) in [6.45, 7) is 0. The molecule has 1 heteroatoms. The van der Waals surface area contributed by atoms with Crippen molar-refractivity contribution >= 4 is 37.5 Å². The molecule has 3 aromatic rings. The molecule has 0 aliphatic carbocycles. The molecular formula is C21H23Br. The van der Waals surface area contributed by atoms with E-state index in [2.05, 4.69) is 70.5 Å². The molecule has 22 heavy (non-hydrogen) atoms. The molecule has 0 heterocycles. The van der Waals surface area contributed by atoms with Gasteiger partial charge in [0.1, 0.15) is 0 Å². The molecule has 0 spiro atoms. The Hall–Kier alpha value is -1.34. The molecule has 0 N–H and O–H groups in total. The van der Waals surface area contributed by atoms with Crippen LogP contribution in [0.25, 0.3) is 21.5 Å². The van der Waals surface area contributed by atoms with Crippen LogP contribution in [-0.2, 0) is 6.42 Å². The molecule has 3 rings (SSSR count). The minimum Gasteiger partial charge on any atom is -0.0928 e. The number of halogens is 1. The lowest BCUT2D eigenvalue weighted by Crippen LogP contribution is -1.90. The lowest BCUT2D eigenvalue weighted by atomic mass is 9.94. The van der Waals surface area contributed by atoms with Crippen molar-refractivity contribution in [2.24, 2.45) is 0 Å². The van der Waals surface area contributed by atoms with E-state index in [4.69, 9.17) is 0 Å². The molecule has 0 aliphatic rings. The maximum absolute atomic E-state index is 3.51. The molecule has 0 aromatic heterocycles. The molecule has 0 bridgehead atoms. The zero-order chi connectivity index (χ0) is 15.2. The predicted molar refractivity (Wildman–Crippen MR) is 102 cm³/mol. The van der Waals surface area contributed by atoms with Gasteiger partial charge in [-0.25, -0.2) is 0 Å². The molecule has 3 aromatic carbocycles. The lowest BCUT2D eigenvalue weighted by molar-refractivity contribution is 0.636. The molecule has 114 valence electrons. The average molecular weight is 355 g/mol. The Labute approximate surface area is 141 Å². The van der Waals surface area contributed by atoms with E-state index in [1.54, 1.807) is 0 Å². The Morgan fingerprint density at radius 1 is 0.636 bits per heavy atom. The summed E-state index contributed by atoms with van der Waals surface area (Å²) in [4.78, 5) is 0. The highest BCUT2D eigenvalue weighted by Crippen LogP contribution is 2.29. The van der Waals surface area contributed by atoms with Crippen molar-refractivity contribution in [1.29, 1.82) is 0 Å². The summed E-state index contributed by atoms with van der Waals surface area (Å²) >= 11 is 3.51. The van der Waals surface area contributed by atoms with E-state index in [1.165, 1.54) is 65.6 Å². The van der Waals surface area contributed by atoms with E-state index in [0.717, 1.165) is 5.33 Å². The van der Waals surface area contributed by atoms with Crippen LogP contribution in [0.1, 0.15) is 37.7 Å². The summed E-state index contributed by atoms with van der Waals surface area (Å²) in [6, 6.07) is 20.0. The maximum atomic E-state index is 3.51. The van der Waals surface area contributed by atoms with Crippen LogP contribution >= 0.6 is 15.9 Å². The van der Waals surface area contributed by atoms with Gasteiger partial charge in [0.15, 0.2) is 0 Å². The largest absolute Gasteiger partial charge is 0.0928 e. The van der Waals surface area contributed by atoms with Gasteiger partial charge in [0.05, 0.1) is 0 Å². The fraction of sp³-hybridized carbons (Fsp3) is 0.333. The lowest BCUT2D eigenvalue weighted by Gasteiger charge is -2.10. The van der Waals surface area contributed by atoms with E-state index >= 15 is 0 Å². The van der Waals surface area contributed by atoms with Gasteiger partial charge in [-0.2, -0.15) is 0 Å². The standard InChI is InChI=1S/C21H23Br/c22-15-9-3-1-2-4-10-17-16-18-11-5-6-12-19(18)21-14-8-7-13-20(17)21/h5-8,11-14,16H,1-4,9-10,15H2. The van der Waals surface area contributed by atoms with E-state index < -0.39 is 0 Å². The van der Waals surface area contributed by atoms with Crippen LogP contribution in [0.4, 0.5) is 0 Å². The number of hydrogen-bond acceptors (Lipinski definition) is 0. The summed E-state index contributed by atoms with van der Waals surface area (Å²) in [7, 11) is 0. The molecule has 0 amide bonds. The van der Waals surface area contributed by atoms with Crippen molar-refractivity contribution in [2.75, 3.05) is 5.33 Å². The number of rotatable bonds is 7. The minimum atomic E-state index is 1.14. The van der Waals surface area contributed by atoms with Crippen LogP contribution in [0.3, 0.4) is 0 Å². The van der Waals surface area contributed by atoms with Gasteiger partial charge >= 0.3 is 0 Å². The highest BCUT2D eigenvalue weighted by Gasteiger charge is 2.05. The van der Waals surface area contributed by atoms with Gasteiger partial charge in [-0.1, -0.05) is 89.8 Å². The zero-order valence-corrected chi connectivity index (χ0v) is 14.6. The van der Waals surface area contributed by atoms with Gasteiger partial charge in [0.2, 0.25) is 0 Å². The van der Waals surface area contributed by atoms with Crippen molar-refractivity contribution in [3.05, 3.63) is 60.2 Å². The summed E-state index contributed by atoms with van der Waals surface area (Å²) in [5.41, 5.74) is 1.51. The van der Waals surface area contributed by atoms with Crippen molar-refractivity contribution in [1.82, 2.24) is 0 Å². The highest BCUT2D eigenvalue weighted by molar-refractivity contribution is 9.09. The summed E-state index contributed by atoms with van der Waals surface area (Å²) < 4.78 is 0. The van der Waals surface area contributed by atoms with Crippen molar-refractivity contribution < 1.29 is 0 Å². The molecule has 0 saturated heterocycles. The molecule has 0 unspecified atom stereocenters. The van der Waals surface area contributed by atoms with Crippen LogP contribution in [-0.4, -0.2) is 5.33 Å². The van der Waals surface area contributed by atoms with Crippen LogP contribution in [0.5, 0.6) is 0 Å². The molecule has 0 fully saturated rings. The quantitative estimate of drug-likeness (QED) is 0.246. The Morgan fingerprint density at radius 2 is 1.27 bits per heavy atom. The Morgan fingerprint density at radius 3 is 2.09 bits per heavy atom. The number of fused-ring (bicyclic) bond motifs is 3. The second-order valence-electron chi connectivity index (χ2n) is 6.01. The van der Waals surface area contributed by atoms with Gasteiger partial charge < -0.3 is 0 Å². The Balaban J connectivity index is 1.82. The van der Waals surface area contributed by atoms with E-state index in [0.29, 0.717) is 0 Å². The molecule has 0 saturated carbocycles. The smallest absolute Gasteiger partial charge is 0.00313 e. The molecular weight excluding hydrogens is 332 g/mol. The first-order chi connectivity index (χ1) is 10.9. The third kappa shape index (κ3) is 3.52. The third-order valence-electron chi connectivity index (χ3n) is 4.43. The summed E-state index contributed by atoms with van der Waals surface area (Å²) in [5, 5.41) is 6.72. The number of unbranched alkanes of at least 4 members (excludes halogenated alkanes) is 4. The zero-order valence-electron chi connectivity index (χ0n) is 13.0. The van der Waals surface area contributed by atoms with E-state index in [9.17, 15) is 0 Å². The average Bonchev–Trinajstić information content (AvgIpc) is 2.58. The van der Waals surface area contributed by atoms with Crippen molar-refractivity contribution in [3.8, 4) is 0 Å². The van der Waals surface area contributed by atoms with E-state index in [1.807, 2.05) is 0 Å². The van der Waals surface area contributed by atoms with Crippen molar-refractivity contribution in [2.45, 2.75) is 38.5 Å². The highest BCUT2D eigenvalue weighted by atomic mass is 79.9. The number of hydrogen-bond donors (Lipinski definition) is 0. The monoisotopic (exact) mass is 354 g/mol. The second kappa shape index (κ2) is 7.78. The molecule has 0 radical (unpaired) electrons. The van der Waals surface area contributed by atoms with Crippen molar-refractivity contribution in [3.63, 3.8) is 0 Å². The minimum absolute atomic E-state index is 1.14. The molecule has 0 aliphatic heterocycles. The van der Waals surface area contributed by atoms with E-state index in [-0.39, 0.29) is 0 Å². The predicted octanol–water partition coefficient (Wildman–Crippen LogP) is 6.88. The number of benzene rings is 3. The fourth-order valence-corrected chi connectivity index (χ4v) is 3.68. The first kappa shape index (κ1) is 15.6. The topological polar surface area (TPSA) is 0 Å². The van der Waals surface area contributed by atoms with Crippen LogP contribution in [0.15, 0.2) is 54.6 Å². The van der Waals surface area contributed by atoms with Gasteiger partial charge in [0, 0.05) is 5.33 Å². The van der Waals surface area contributed by atoms with Gasteiger partial charge in [-0.15, -0.1) is 0 Å². The van der Waals surface area contributed by atoms with Crippen LogP contribution in [0.2, 0.25) is 0 Å².